The van der Waals surface area contributed by atoms with Crippen molar-refractivity contribution in [3.05, 3.63) is 0 Å². The maximum atomic E-state index is 12.8. The van der Waals surface area contributed by atoms with Crippen LogP contribution in [-0.2, 0) is 37.1 Å². The summed E-state index contributed by atoms with van der Waals surface area (Å²) in [4.78, 5) is 20.8. The molecule has 0 aliphatic heterocycles. The Kier molecular flexibility index (Phi) is 30.2. The van der Waals surface area contributed by atoms with Crippen LogP contribution < -0.4 is 0 Å². The highest BCUT2D eigenvalue weighted by atomic mass is 31.2. The van der Waals surface area contributed by atoms with E-state index in [1.807, 2.05) is 6.92 Å². The molecule has 0 aromatic heterocycles. The number of aliphatic hydroxyl groups is 1. The van der Waals surface area contributed by atoms with E-state index < -0.39 is 27.0 Å². The highest BCUT2D eigenvalue weighted by Crippen LogP contribution is 2.52. The van der Waals surface area contributed by atoms with Crippen molar-refractivity contribution in [2.75, 3.05) is 66.1 Å². The van der Waals surface area contributed by atoms with E-state index in [-0.39, 0.29) is 38.7 Å². The predicted octanol–water partition coefficient (Wildman–Crippen LogP) is 7.49. The highest BCUT2D eigenvalue weighted by molar-refractivity contribution is 7.53. The molecule has 4 unspecified atom stereocenters. The Bertz CT molecular complexity index is 734. The highest BCUT2D eigenvalue weighted by Gasteiger charge is 2.32. The van der Waals surface area contributed by atoms with Crippen molar-refractivity contribution in [3.8, 4) is 0 Å². The Hall–Kier alpha value is 0.1000. The van der Waals surface area contributed by atoms with Crippen LogP contribution in [0.1, 0.15) is 124 Å². The largest absolute Gasteiger partial charge is 0.388 e. The van der Waals surface area contributed by atoms with Crippen LogP contribution in [-0.4, -0.2) is 98.4 Å². The van der Waals surface area contributed by atoms with Gasteiger partial charge in [-0.25, -0.2) is 0 Å². The third kappa shape index (κ3) is 25.7. The van der Waals surface area contributed by atoms with E-state index in [1.54, 1.807) is 0 Å². The average molecular weight is 691 g/mol. The number of rotatable bonds is 35. The Morgan fingerprint density at radius 3 is 1.40 bits per heavy atom. The summed E-state index contributed by atoms with van der Waals surface area (Å²) in [7, 11) is -7.47. The molecule has 13 heteroatoms. The van der Waals surface area contributed by atoms with Crippen LogP contribution in [0.2, 0.25) is 0 Å². The lowest BCUT2D eigenvalue weighted by molar-refractivity contribution is -0.0260. The molecule has 0 rings (SSSR count). The molecule has 0 aromatic carbocycles. The van der Waals surface area contributed by atoms with Gasteiger partial charge in [-0.2, -0.15) is 0 Å². The summed E-state index contributed by atoms with van der Waals surface area (Å²) in [5.41, 5.74) is -0.712. The Morgan fingerprint density at radius 2 is 0.889 bits per heavy atom. The quantitative estimate of drug-likeness (QED) is 0.0448. The van der Waals surface area contributed by atoms with Crippen molar-refractivity contribution in [2.24, 2.45) is 0 Å². The second kappa shape index (κ2) is 30.2. The lowest BCUT2D eigenvalue weighted by atomic mass is 10.1. The number of hydrogen-bond donors (Lipinski definition) is 3. The first-order valence-corrected chi connectivity index (χ1v) is 20.9. The van der Waals surface area contributed by atoms with E-state index in [4.69, 9.17) is 28.0 Å². The van der Waals surface area contributed by atoms with Gasteiger partial charge in [-0.05, 0) is 25.7 Å². The molecule has 0 bridgehead atoms. The van der Waals surface area contributed by atoms with Gasteiger partial charge in [0.05, 0.1) is 77.4 Å². The van der Waals surface area contributed by atoms with Gasteiger partial charge in [-0.15, -0.1) is 0 Å². The van der Waals surface area contributed by atoms with E-state index in [9.17, 15) is 24.0 Å². The van der Waals surface area contributed by atoms with Gasteiger partial charge in [0.25, 0.3) is 0 Å². The molecular formula is C32H68O11P2. The first-order chi connectivity index (χ1) is 21.6. The minimum absolute atomic E-state index is 0.0151. The van der Waals surface area contributed by atoms with E-state index >= 15 is 0 Å². The zero-order valence-electron chi connectivity index (χ0n) is 28.9. The number of ether oxygens (including phenoxy) is 4. The van der Waals surface area contributed by atoms with Gasteiger partial charge in [0.1, 0.15) is 6.10 Å². The second-order valence-corrected chi connectivity index (χ2v) is 16.0. The molecule has 45 heavy (non-hydrogen) atoms. The van der Waals surface area contributed by atoms with Crippen LogP contribution in [0.15, 0.2) is 0 Å². The van der Waals surface area contributed by atoms with Gasteiger partial charge in [0.2, 0.25) is 0 Å². The predicted molar refractivity (Wildman–Crippen MR) is 180 cm³/mol. The lowest BCUT2D eigenvalue weighted by Gasteiger charge is -2.23. The first kappa shape index (κ1) is 45.1. The van der Waals surface area contributed by atoms with Crippen LogP contribution in [0, 0.1) is 0 Å². The summed E-state index contributed by atoms with van der Waals surface area (Å²) in [6, 6.07) is 0. The molecule has 3 N–H and O–H groups in total. The molecule has 4 atom stereocenters. The third-order valence-corrected chi connectivity index (χ3v) is 11.8. The number of hydrogen-bond acceptors (Lipinski definition) is 9. The molecule has 0 radical (unpaired) electrons. The van der Waals surface area contributed by atoms with Gasteiger partial charge in [-0.3, -0.25) is 9.13 Å². The second-order valence-electron chi connectivity index (χ2n) is 11.7. The normalized spacial score (nSPS) is 16.1. The van der Waals surface area contributed by atoms with Gasteiger partial charge in [-0.1, -0.05) is 98.3 Å². The van der Waals surface area contributed by atoms with Crippen molar-refractivity contribution in [2.45, 2.75) is 141 Å². The minimum atomic E-state index is -3.79. The van der Waals surface area contributed by atoms with E-state index in [2.05, 4.69) is 20.8 Å². The maximum absolute atomic E-state index is 12.8. The molecule has 0 saturated carbocycles. The molecular weight excluding hydrogens is 622 g/mol. The third-order valence-electron chi connectivity index (χ3n) is 7.70. The zero-order valence-corrected chi connectivity index (χ0v) is 30.7. The fraction of sp³-hybridized carbons (Fsp3) is 1.00. The SMILES string of the molecule is CCCCCCCC(CC)P(=O)(O)OCC(O)COCCOCCOCCOCCOP(=O)(O)C(CCCCC)CCCCC. The average Bonchev–Trinajstić information content (AvgIpc) is 3.01. The number of unbranched alkanes of at least 4 members (excludes halogenated alkanes) is 8. The van der Waals surface area contributed by atoms with E-state index in [1.165, 1.54) is 6.42 Å². The van der Waals surface area contributed by atoms with Crippen molar-refractivity contribution in [1.29, 1.82) is 0 Å². The zero-order chi connectivity index (χ0) is 33.7. The first-order valence-electron chi connectivity index (χ1n) is 17.6. The fourth-order valence-corrected chi connectivity index (χ4v) is 8.00. The summed E-state index contributed by atoms with van der Waals surface area (Å²) >= 11 is 0. The molecule has 0 saturated heterocycles. The maximum Gasteiger partial charge on any atom is 0.331 e. The Labute approximate surface area is 274 Å². The van der Waals surface area contributed by atoms with Crippen LogP contribution in [0.4, 0.5) is 0 Å². The number of aliphatic hydroxyl groups excluding tert-OH is 1. The van der Waals surface area contributed by atoms with Crippen molar-refractivity contribution < 1.29 is 52.0 Å². The van der Waals surface area contributed by atoms with Crippen molar-refractivity contribution >= 4 is 15.2 Å². The van der Waals surface area contributed by atoms with Crippen LogP contribution in [0.5, 0.6) is 0 Å². The van der Waals surface area contributed by atoms with Gasteiger partial charge < -0.3 is 42.9 Å². The van der Waals surface area contributed by atoms with E-state index in [0.29, 0.717) is 45.9 Å². The van der Waals surface area contributed by atoms with Gasteiger partial charge in [0, 0.05) is 0 Å². The molecule has 0 aliphatic carbocycles. The van der Waals surface area contributed by atoms with Crippen molar-refractivity contribution in [1.82, 2.24) is 0 Å². The Morgan fingerprint density at radius 1 is 0.489 bits per heavy atom. The molecule has 11 nitrogen and oxygen atoms in total. The van der Waals surface area contributed by atoms with Crippen LogP contribution in [0.25, 0.3) is 0 Å². The summed E-state index contributed by atoms with van der Waals surface area (Å²) in [6.07, 6.45) is 13.3. The fourth-order valence-electron chi connectivity index (χ4n) is 4.87. The Balaban J connectivity index is 3.82. The summed E-state index contributed by atoms with van der Waals surface area (Å²) < 4.78 is 57.8. The standard InChI is InChI=1S/C32H68O11P2/c1-5-9-12-13-16-17-31(8-4)44(34,35)43-29-30(33)28-41-25-24-39-21-20-38-22-23-40-26-27-42-45(36,37)32(18-14-10-6-2)19-15-11-7-3/h30-33H,5-29H2,1-4H3,(H,34,35)(H,36,37). The topological polar surface area (TPSA) is 150 Å². The summed E-state index contributed by atoms with van der Waals surface area (Å²) in [6.45, 7) is 10.4. The van der Waals surface area contributed by atoms with Crippen LogP contribution in [0.3, 0.4) is 0 Å². The minimum Gasteiger partial charge on any atom is -0.388 e. The molecule has 0 amide bonds. The van der Waals surface area contributed by atoms with Crippen molar-refractivity contribution in [3.63, 3.8) is 0 Å². The van der Waals surface area contributed by atoms with Crippen LogP contribution >= 0.6 is 15.2 Å². The van der Waals surface area contributed by atoms with E-state index in [0.717, 1.165) is 77.0 Å². The lowest BCUT2D eigenvalue weighted by Crippen LogP contribution is -2.24. The molecule has 272 valence electrons. The molecule has 0 aliphatic rings. The molecule has 0 heterocycles. The van der Waals surface area contributed by atoms with Gasteiger partial charge >= 0.3 is 15.2 Å². The molecule has 0 aromatic rings. The molecule has 0 fully saturated rings. The summed E-state index contributed by atoms with van der Waals surface area (Å²) in [5.74, 6) is 0. The molecule has 0 spiro atoms. The summed E-state index contributed by atoms with van der Waals surface area (Å²) in [5, 5.41) is 10.1. The van der Waals surface area contributed by atoms with Gasteiger partial charge in [0.15, 0.2) is 0 Å². The monoisotopic (exact) mass is 690 g/mol. The smallest absolute Gasteiger partial charge is 0.331 e.